The van der Waals surface area contributed by atoms with Crippen molar-refractivity contribution in [1.82, 2.24) is 0 Å². The molecule has 2 aliphatic carbocycles. The van der Waals surface area contributed by atoms with Crippen LogP contribution in [-0.2, 0) is 5.41 Å². The fourth-order valence-corrected chi connectivity index (χ4v) is 11.3. The molecule has 1 aromatic heterocycles. The first-order valence-corrected chi connectivity index (χ1v) is 22.0. The van der Waals surface area contributed by atoms with Gasteiger partial charge in [-0.3, -0.25) is 0 Å². The molecule has 298 valence electrons. The standard InChI is InChI=1S/C61H37NO2/c1-2-17-38(18-3-1)62(56-30-16-27-48-42-21-6-5-20-41(42)46-25-10-15-32-58(46)64-60(48)56)39-33-34-54-49(35-39)43-22-7-4-19-40(43)44-23-8-12-28-52(44)61(54)53-29-13-9-24-45(53)50-36-51-47-26-11-14-31-57(47)63-59(51)37-55(50)61/h1-37H. The van der Waals surface area contributed by atoms with Gasteiger partial charge >= 0.3 is 0 Å². The largest absolute Gasteiger partial charge is 0.456 e. The Balaban J connectivity index is 1.08. The van der Waals surface area contributed by atoms with Gasteiger partial charge in [-0.15, -0.1) is 0 Å². The van der Waals surface area contributed by atoms with Gasteiger partial charge in [0.25, 0.3) is 0 Å². The first-order valence-electron chi connectivity index (χ1n) is 22.0. The minimum Gasteiger partial charge on any atom is -0.456 e. The number of ether oxygens (including phenoxy) is 1. The second kappa shape index (κ2) is 13.3. The molecule has 11 aromatic rings. The highest BCUT2D eigenvalue weighted by Crippen LogP contribution is 2.63. The second-order valence-corrected chi connectivity index (χ2v) is 17.1. The molecule has 0 radical (unpaired) electrons. The van der Waals surface area contributed by atoms with Gasteiger partial charge in [0, 0.05) is 33.3 Å². The zero-order valence-electron chi connectivity index (χ0n) is 34.6. The average molecular weight is 816 g/mol. The summed E-state index contributed by atoms with van der Waals surface area (Å²) >= 11 is 0. The van der Waals surface area contributed by atoms with Crippen molar-refractivity contribution in [3.63, 3.8) is 0 Å². The fourth-order valence-electron chi connectivity index (χ4n) is 11.3. The van der Waals surface area contributed by atoms with Crippen LogP contribution >= 0.6 is 0 Å². The highest BCUT2D eigenvalue weighted by molar-refractivity contribution is 6.09. The van der Waals surface area contributed by atoms with Crippen molar-refractivity contribution in [2.24, 2.45) is 0 Å². The van der Waals surface area contributed by atoms with Gasteiger partial charge in [0.05, 0.1) is 11.1 Å². The highest BCUT2D eigenvalue weighted by atomic mass is 16.5. The van der Waals surface area contributed by atoms with Gasteiger partial charge in [-0.25, -0.2) is 0 Å². The Morgan fingerprint density at radius 3 is 1.62 bits per heavy atom. The third-order valence-corrected chi connectivity index (χ3v) is 13.9. The Bertz CT molecular complexity index is 3730. The van der Waals surface area contributed by atoms with Crippen molar-refractivity contribution < 1.29 is 9.15 Å². The molecule has 2 heterocycles. The summed E-state index contributed by atoms with van der Waals surface area (Å²) in [5.41, 5.74) is 20.9. The molecule has 3 aliphatic rings. The third kappa shape index (κ3) is 4.76. The van der Waals surface area contributed by atoms with Gasteiger partial charge < -0.3 is 14.1 Å². The minimum absolute atomic E-state index is 0.666. The van der Waals surface area contributed by atoms with Crippen LogP contribution in [-0.4, -0.2) is 0 Å². The van der Waals surface area contributed by atoms with E-state index in [4.69, 9.17) is 9.15 Å². The quantitative estimate of drug-likeness (QED) is 0.178. The van der Waals surface area contributed by atoms with Gasteiger partial charge in [0.15, 0.2) is 5.75 Å². The van der Waals surface area contributed by atoms with Gasteiger partial charge in [0.2, 0.25) is 0 Å². The SMILES string of the molecule is c1ccc(N(c2ccc3c(c2)-c2ccccc2-c2ccccc2C32c3ccccc3-c3cc4c(cc32)oc2ccccc24)c2cccc3c2Oc2ccccc2-c2ccccc2-3)cc1. The zero-order chi connectivity index (χ0) is 41.9. The lowest BCUT2D eigenvalue weighted by Gasteiger charge is -2.36. The topological polar surface area (TPSA) is 25.6 Å². The molecular formula is C61H37NO2. The van der Waals surface area contributed by atoms with E-state index in [0.29, 0.717) is 0 Å². The van der Waals surface area contributed by atoms with Crippen LogP contribution < -0.4 is 9.64 Å². The molecule has 1 spiro atoms. The third-order valence-electron chi connectivity index (χ3n) is 13.9. The van der Waals surface area contributed by atoms with Gasteiger partial charge in [0.1, 0.15) is 16.9 Å². The van der Waals surface area contributed by atoms with E-state index < -0.39 is 5.41 Å². The van der Waals surface area contributed by atoms with Crippen molar-refractivity contribution in [3.05, 3.63) is 247 Å². The van der Waals surface area contributed by atoms with Crippen LogP contribution in [0.15, 0.2) is 229 Å². The van der Waals surface area contributed by atoms with E-state index >= 15 is 0 Å². The Labute approximate surface area is 370 Å². The maximum atomic E-state index is 7.13. The Hall–Kier alpha value is -8.40. The maximum Gasteiger partial charge on any atom is 0.159 e. The molecule has 1 aliphatic heterocycles. The molecule has 14 rings (SSSR count). The summed E-state index contributed by atoms with van der Waals surface area (Å²) in [7, 11) is 0. The summed E-state index contributed by atoms with van der Waals surface area (Å²) in [5.74, 6) is 1.65. The molecule has 3 heteroatoms. The molecule has 10 aromatic carbocycles. The monoisotopic (exact) mass is 815 g/mol. The number of nitrogens with zero attached hydrogens (tertiary/aromatic N) is 1. The van der Waals surface area contributed by atoms with Gasteiger partial charge in [-0.05, 0) is 121 Å². The highest BCUT2D eigenvalue weighted by Gasteiger charge is 2.50. The number of hydrogen-bond acceptors (Lipinski definition) is 3. The summed E-state index contributed by atoms with van der Waals surface area (Å²) in [6.45, 7) is 0. The Morgan fingerprint density at radius 2 is 0.859 bits per heavy atom. The van der Waals surface area contributed by atoms with Crippen LogP contribution in [0.2, 0.25) is 0 Å². The second-order valence-electron chi connectivity index (χ2n) is 17.1. The van der Waals surface area contributed by atoms with Crippen LogP contribution in [0.25, 0.3) is 77.6 Å². The lowest BCUT2D eigenvalue weighted by atomic mass is 9.66. The van der Waals surface area contributed by atoms with Crippen LogP contribution in [0.1, 0.15) is 22.3 Å². The van der Waals surface area contributed by atoms with E-state index in [2.05, 4.69) is 229 Å². The number of anilines is 3. The van der Waals surface area contributed by atoms with Crippen molar-refractivity contribution in [1.29, 1.82) is 0 Å². The summed E-state index contributed by atoms with van der Waals surface area (Å²) in [6, 6.07) is 81.6. The number of benzene rings is 10. The number of para-hydroxylation sites is 4. The maximum absolute atomic E-state index is 7.13. The number of hydrogen-bond donors (Lipinski definition) is 0. The van der Waals surface area contributed by atoms with Crippen molar-refractivity contribution in [2.75, 3.05) is 4.90 Å². The number of furan rings is 1. The molecule has 1 atom stereocenters. The number of rotatable bonds is 3. The summed E-state index contributed by atoms with van der Waals surface area (Å²) < 4.78 is 13.8. The predicted octanol–water partition coefficient (Wildman–Crippen LogP) is 16.5. The fraction of sp³-hybridized carbons (Fsp3) is 0.0164. The molecule has 0 amide bonds. The molecule has 0 N–H and O–H groups in total. The molecular weight excluding hydrogens is 779 g/mol. The minimum atomic E-state index is -0.666. The van der Waals surface area contributed by atoms with E-state index in [-0.39, 0.29) is 0 Å². The average Bonchev–Trinajstić information content (AvgIpc) is 3.77. The first kappa shape index (κ1) is 35.2. The van der Waals surface area contributed by atoms with Crippen LogP contribution in [0.4, 0.5) is 17.1 Å². The predicted molar refractivity (Wildman–Crippen MR) is 261 cm³/mol. The van der Waals surface area contributed by atoms with Gasteiger partial charge in [-0.1, -0.05) is 170 Å². The normalized spacial score (nSPS) is 14.8. The molecule has 0 saturated heterocycles. The van der Waals surface area contributed by atoms with Crippen molar-refractivity contribution in [3.8, 4) is 67.1 Å². The summed E-state index contributed by atoms with van der Waals surface area (Å²) in [4.78, 5) is 2.37. The van der Waals surface area contributed by atoms with Gasteiger partial charge in [-0.2, -0.15) is 0 Å². The summed E-state index contributed by atoms with van der Waals surface area (Å²) in [5, 5.41) is 2.27. The van der Waals surface area contributed by atoms with E-state index in [9.17, 15) is 0 Å². The molecule has 1 unspecified atom stereocenters. The van der Waals surface area contributed by atoms with E-state index in [0.717, 1.165) is 72.8 Å². The number of fused-ring (bicyclic) bond motifs is 20. The zero-order valence-corrected chi connectivity index (χ0v) is 34.6. The molecule has 0 bridgehead atoms. The smallest absolute Gasteiger partial charge is 0.159 e. The molecule has 0 saturated carbocycles. The molecule has 3 nitrogen and oxygen atoms in total. The van der Waals surface area contributed by atoms with E-state index in [1.807, 2.05) is 0 Å². The summed E-state index contributed by atoms with van der Waals surface area (Å²) in [6.07, 6.45) is 0. The van der Waals surface area contributed by atoms with Crippen LogP contribution in [0.3, 0.4) is 0 Å². The Morgan fingerprint density at radius 1 is 0.312 bits per heavy atom. The lowest BCUT2D eigenvalue weighted by Crippen LogP contribution is -2.29. The van der Waals surface area contributed by atoms with Crippen molar-refractivity contribution >= 4 is 39.0 Å². The Kier molecular flexibility index (Phi) is 7.32. The van der Waals surface area contributed by atoms with E-state index in [1.165, 1.54) is 55.6 Å². The van der Waals surface area contributed by atoms with Crippen LogP contribution in [0.5, 0.6) is 11.5 Å². The van der Waals surface area contributed by atoms with Crippen molar-refractivity contribution in [2.45, 2.75) is 5.41 Å². The van der Waals surface area contributed by atoms with Crippen LogP contribution in [0, 0.1) is 0 Å². The van der Waals surface area contributed by atoms with E-state index in [1.54, 1.807) is 0 Å². The molecule has 64 heavy (non-hydrogen) atoms. The lowest BCUT2D eigenvalue weighted by molar-refractivity contribution is 0.489. The first-order chi connectivity index (χ1) is 31.8. The molecule has 0 fully saturated rings.